The maximum atomic E-state index is 5.79. The van der Waals surface area contributed by atoms with E-state index >= 15 is 0 Å². The lowest BCUT2D eigenvalue weighted by Gasteiger charge is -2.12. The van der Waals surface area contributed by atoms with Crippen LogP contribution < -0.4 is 10.5 Å². The molecule has 2 aromatic rings. The molecule has 0 aliphatic heterocycles. The van der Waals surface area contributed by atoms with Gasteiger partial charge in [-0.25, -0.2) is 0 Å². The number of hydrogen-bond donors (Lipinski definition) is 1. The lowest BCUT2D eigenvalue weighted by atomic mass is 10.1. The second-order valence-electron chi connectivity index (χ2n) is 4.04. The van der Waals surface area contributed by atoms with Gasteiger partial charge in [0.05, 0.1) is 15.5 Å². The van der Waals surface area contributed by atoms with E-state index in [-0.39, 0.29) is 0 Å². The van der Waals surface area contributed by atoms with E-state index in [0.29, 0.717) is 13.2 Å². The van der Waals surface area contributed by atoms with E-state index in [0.717, 1.165) is 27.7 Å². The Morgan fingerprint density at radius 2 is 2.00 bits per heavy atom. The Hall–Kier alpha value is -0.850. The number of hydrogen-bond acceptors (Lipinski definition) is 3. The molecule has 2 N–H and O–H groups in total. The van der Waals surface area contributed by atoms with Gasteiger partial charge in [-0.2, -0.15) is 5.10 Å². The Labute approximate surface area is 129 Å². The number of nitrogens with two attached hydrogens (primary N) is 1. The molecule has 0 spiro atoms. The van der Waals surface area contributed by atoms with Gasteiger partial charge in [0.2, 0.25) is 0 Å². The first-order chi connectivity index (χ1) is 9.20. The number of benzene rings is 1. The monoisotopic (exact) mass is 387 g/mol. The zero-order valence-electron chi connectivity index (χ0n) is 10.4. The fraction of sp³-hybridized carbons (Fsp3) is 0.308. The summed E-state index contributed by atoms with van der Waals surface area (Å²) in [6, 6.07) is 5.98. The van der Waals surface area contributed by atoms with E-state index in [1.54, 1.807) is 6.20 Å². The van der Waals surface area contributed by atoms with Crippen molar-refractivity contribution in [2.75, 3.05) is 13.2 Å². The molecule has 6 heteroatoms. The van der Waals surface area contributed by atoms with Crippen molar-refractivity contribution >= 4 is 31.9 Å². The summed E-state index contributed by atoms with van der Waals surface area (Å²) in [6.45, 7) is 1.92. The highest BCUT2D eigenvalue weighted by molar-refractivity contribution is 9.11. The lowest BCUT2D eigenvalue weighted by molar-refractivity contribution is 0.288. The van der Waals surface area contributed by atoms with Crippen molar-refractivity contribution in [2.45, 2.75) is 13.0 Å². The number of rotatable bonds is 6. The Bertz CT molecular complexity index is 506. The predicted molar refractivity (Wildman–Crippen MR) is 82.3 cm³/mol. The molecular formula is C13H15Br2N3O. The van der Waals surface area contributed by atoms with Gasteiger partial charge in [-0.05, 0) is 68.6 Å². The smallest absolute Gasteiger partial charge is 0.147 e. The Morgan fingerprint density at radius 1 is 1.26 bits per heavy atom. The molecule has 1 heterocycles. The van der Waals surface area contributed by atoms with Gasteiger partial charge in [-0.15, -0.1) is 0 Å². The Kier molecular flexibility index (Phi) is 5.42. The number of ether oxygens (including phenoxy) is 1. The largest absolute Gasteiger partial charge is 0.489 e. The first-order valence-electron chi connectivity index (χ1n) is 5.99. The standard InChI is InChI=1S/C13H15Br2N3O/c14-11-8-10(2-3-16)9-12(15)13(11)19-7-6-18-5-1-4-17-18/h1,4-5,8-9H,2-3,6-7,16H2. The quantitative estimate of drug-likeness (QED) is 0.827. The lowest BCUT2D eigenvalue weighted by Crippen LogP contribution is -2.09. The number of aromatic nitrogens is 2. The van der Waals surface area contributed by atoms with Crippen LogP contribution in [-0.4, -0.2) is 22.9 Å². The van der Waals surface area contributed by atoms with Crippen molar-refractivity contribution < 1.29 is 4.74 Å². The maximum Gasteiger partial charge on any atom is 0.147 e. The van der Waals surface area contributed by atoms with Gasteiger partial charge in [-0.3, -0.25) is 4.68 Å². The van der Waals surface area contributed by atoms with Crippen LogP contribution in [0.2, 0.25) is 0 Å². The molecule has 102 valence electrons. The van der Waals surface area contributed by atoms with Crippen LogP contribution in [0.5, 0.6) is 5.75 Å². The molecule has 0 atom stereocenters. The van der Waals surface area contributed by atoms with Gasteiger partial charge in [0, 0.05) is 12.4 Å². The predicted octanol–water partition coefficient (Wildman–Crippen LogP) is 2.99. The third-order valence-corrected chi connectivity index (χ3v) is 3.80. The van der Waals surface area contributed by atoms with Gasteiger partial charge < -0.3 is 10.5 Å². The summed E-state index contributed by atoms with van der Waals surface area (Å²) < 4.78 is 9.50. The third kappa shape index (κ3) is 4.06. The van der Waals surface area contributed by atoms with Crippen LogP contribution >= 0.6 is 31.9 Å². The Balaban J connectivity index is 1.99. The van der Waals surface area contributed by atoms with Crippen molar-refractivity contribution in [3.8, 4) is 5.75 Å². The van der Waals surface area contributed by atoms with Gasteiger partial charge in [-0.1, -0.05) is 0 Å². The van der Waals surface area contributed by atoms with Gasteiger partial charge in [0.1, 0.15) is 12.4 Å². The highest BCUT2D eigenvalue weighted by Gasteiger charge is 2.09. The minimum Gasteiger partial charge on any atom is -0.489 e. The minimum absolute atomic E-state index is 0.565. The molecule has 0 aliphatic rings. The van der Waals surface area contributed by atoms with Gasteiger partial charge in [0.25, 0.3) is 0 Å². The summed E-state index contributed by atoms with van der Waals surface area (Å²) in [4.78, 5) is 0. The molecule has 4 nitrogen and oxygen atoms in total. The first kappa shape index (κ1) is 14.6. The van der Waals surface area contributed by atoms with E-state index in [4.69, 9.17) is 10.5 Å². The average Bonchev–Trinajstić information content (AvgIpc) is 2.86. The summed E-state index contributed by atoms with van der Waals surface area (Å²) in [5.41, 5.74) is 6.74. The van der Waals surface area contributed by atoms with E-state index in [1.807, 2.05) is 29.1 Å². The van der Waals surface area contributed by atoms with E-state index in [2.05, 4.69) is 37.0 Å². The zero-order valence-corrected chi connectivity index (χ0v) is 13.5. The van der Waals surface area contributed by atoms with Crippen molar-refractivity contribution in [2.24, 2.45) is 5.73 Å². The van der Waals surface area contributed by atoms with Crippen molar-refractivity contribution in [1.29, 1.82) is 0 Å². The highest BCUT2D eigenvalue weighted by atomic mass is 79.9. The summed E-state index contributed by atoms with van der Waals surface area (Å²) in [6.07, 6.45) is 4.52. The Morgan fingerprint density at radius 3 is 2.58 bits per heavy atom. The normalized spacial score (nSPS) is 10.7. The van der Waals surface area contributed by atoms with Crippen molar-refractivity contribution in [1.82, 2.24) is 9.78 Å². The number of nitrogens with zero attached hydrogens (tertiary/aromatic N) is 2. The molecule has 1 aromatic heterocycles. The number of halogens is 2. The fourth-order valence-electron chi connectivity index (χ4n) is 1.74. The topological polar surface area (TPSA) is 53.1 Å². The zero-order chi connectivity index (χ0) is 13.7. The second kappa shape index (κ2) is 7.07. The molecular weight excluding hydrogens is 374 g/mol. The van der Waals surface area contributed by atoms with E-state index in [9.17, 15) is 0 Å². The summed E-state index contributed by atoms with van der Waals surface area (Å²) in [5.74, 6) is 0.813. The molecule has 2 rings (SSSR count). The van der Waals surface area contributed by atoms with Gasteiger partial charge >= 0.3 is 0 Å². The van der Waals surface area contributed by atoms with Crippen LogP contribution in [0.25, 0.3) is 0 Å². The summed E-state index contributed by atoms with van der Waals surface area (Å²) in [7, 11) is 0. The molecule has 0 saturated carbocycles. The van der Waals surface area contributed by atoms with Crippen LogP contribution in [0, 0.1) is 0 Å². The van der Waals surface area contributed by atoms with Crippen molar-refractivity contribution in [3.63, 3.8) is 0 Å². The molecule has 0 bridgehead atoms. The van der Waals surface area contributed by atoms with Crippen LogP contribution in [0.4, 0.5) is 0 Å². The first-order valence-corrected chi connectivity index (χ1v) is 7.57. The fourth-order valence-corrected chi connectivity index (χ4v) is 3.25. The third-order valence-electron chi connectivity index (χ3n) is 2.62. The maximum absolute atomic E-state index is 5.79. The highest BCUT2D eigenvalue weighted by Crippen LogP contribution is 2.34. The minimum atomic E-state index is 0.565. The molecule has 0 radical (unpaired) electrons. The molecule has 0 saturated heterocycles. The molecule has 0 amide bonds. The summed E-state index contributed by atoms with van der Waals surface area (Å²) in [5, 5.41) is 4.13. The summed E-state index contributed by atoms with van der Waals surface area (Å²) >= 11 is 7.06. The van der Waals surface area contributed by atoms with E-state index < -0.39 is 0 Å². The van der Waals surface area contributed by atoms with Gasteiger partial charge in [0.15, 0.2) is 0 Å². The molecule has 0 unspecified atom stereocenters. The second-order valence-corrected chi connectivity index (χ2v) is 5.75. The average molecular weight is 389 g/mol. The van der Waals surface area contributed by atoms with Crippen LogP contribution in [0.1, 0.15) is 5.56 Å². The van der Waals surface area contributed by atoms with Crippen molar-refractivity contribution in [3.05, 3.63) is 45.1 Å². The molecule has 19 heavy (non-hydrogen) atoms. The molecule has 1 aromatic carbocycles. The molecule has 0 fully saturated rings. The van der Waals surface area contributed by atoms with Crippen LogP contribution in [0.15, 0.2) is 39.5 Å². The SMILES string of the molecule is NCCc1cc(Br)c(OCCn2cccn2)c(Br)c1. The van der Waals surface area contributed by atoms with E-state index in [1.165, 1.54) is 5.56 Å². The van der Waals surface area contributed by atoms with Crippen LogP contribution in [-0.2, 0) is 13.0 Å². The van der Waals surface area contributed by atoms with Crippen LogP contribution in [0.3, 0.4) is 0 Å². The molecule has 0 aliphatic carbocycles.